The number of hydrogen-bond donors (Lipinski definition) is 0. The molecule has 2 aromatic carbocycles. The first-order chi connectivity index (χ1) is 16.9. The number of benzene rings is 2. The number of ether oxygens (including phenoxy) is 4. The summed E-state index contributed by atoms with van der Waals surface area (Å²) in [4.78, 5) is 47.8. The van der Waals surface area contributed by atoms with Crippen LogP contribution >= 0.6 is 0 Å². The molecule has 0 fully saturated rings. The third-order valence-electron chi connectivity index (χ3n) is 4.47. The van der Waals surface area contributed by atoms with Crippen molar-refractivity contribution in [1.29, 1.82) is 0 Å². The Balaban J connectivity index is 2.30. The van der Waals surface area contributed by atoms with Crippen molar-refractivity contribution in [3.8, 4) is 22.6 Å². The molecule has 0 unspecified atom stereocenters. The fourth-order valence-corrected chi connectivity index (χ4v) is 2.56. The van der Waals surface area contributed by atoms with Crippen LogP contribution in [0.2, 0.25) is 0 Å². The first-order valence-electron chi connectivity index (χ1n) is 10.6. The molecular weight excluding hydrogens is 471 g/mol. The van der Waals surface area contributed by atoms with Crippen LogP contribution in [0.25, 0.3) is 11.1 Å². The zero-order valence-corrected chi connectivity index (χ0v) is 20.1. The Morgan fingerprint density at radius 1 is 0.694 bits per heavy atom. The maximum atomic E-state index is 14.5. The molecule has 0 heterocycles. The van der Waals surface area contributed by atoms with Gasteiger partial charge in [0.15, 0.2) is 11.6 Å². The van der Waals surface area contributed by atoms with E-state index in [0.717, 1.165) is 6.07 Å². The normalized spacial score (nSPS) is 10.1. The molecule has 0 radical (unpaired) electrons. The van der Waals surface area contributed by atoms with E-state index < -0.39 is 29.7 Å². The zero-order valence-electron chi connectivity index (χ0n) is 20.1. The van der Waals surface area contributed by atoms with E-state index in [-0.39, 0.29) is 47.0 Å². The number of carbonyl (C=O) groups is 4. The predicted octanol–water partition coefficient (Wildman–Crippen LogP) is 4.73. The molecule has 0 saturated carbocycles. The topological polar surface area (TPSA) is 105 Å². The van der Waals surface area contributed by atoms with E-state index >= 15 is 0 Å². The molecule has 2 rings (SSSR count). The van der Waals surface area contributed by atoms with Gasteiger partial charge in [-0.15, -0.1) is 0 Å². The van der Waals surface area contributed by atoms with Gasteiger partial charge in [-0.3, -0.25) is 0 Å². The summed E-state index contributed by atoms with van der Waals surface area (Å²) >= 11 is 0. The van der Waals surface area contributed by atoms with Crippen LogP contribution in [0, 0.1) is 5.82 Å². The third-order valence-corrected chi connectivity index (χ3v) is 4.47. The number of esters is 4. The molecule has 0 atom stereocenters. The largest absolute Gasteiger partial charge is 0.459 e. The molecular formula is C27H25FO8. The van der Waals surface area contributed by atoms with Gasteiger partial charge in [0, 0.05) is 16.7 Å². The highest BCUT2D eigenvalue weighted by molar-refractivity contribution is 5.96. The number of carbonyl (C=O) groups excluding carboxylic acids is 4. The lowest BCUT2D eigenvalue weighted by Gasteiger charge is -2.13. The molecule has 0 aliphatic carbocycles. The average Bonchev–Trinajstić information content (AvgIpc) is 2.82. The third kappa shape index (κ3) is 7.49. The van der Waals surface area contributed by atoms with Crippen LogP contribution in [0.3, 0.4) is 0 Å². The van der Waals surface area contributed by atoms with Crippen LogP contribution in [-0.4, -0.2) is 37.1 Å². The summed E-state index contributed by atoms with van der Waals surface area (Å²) in [6, 6.07) is 8.05. The van der Waals surface area contributed by atoms with Crippen LogP contribution in [0.15, 0.2) is 72.9 Å². The fourth-order valence-electron chi connectivity index (χ4n) is 2.56. The maximum Gasteiger partial charge on any atom is 0.342 e. The Morgan fingerprint density at radius 3 is 1.75 bits per heavy atom. The summed E-state index contributed by atoms with van der Waals surface area (Å²) in [5, 5.41) is 0. The lowest BCUT2D eigenvalue weighted by molar-refractivity contribution is -0.140. The van der Waals surface area contributed by atoms with Crippen molar-refractivity contribution in [2.45, 2.75) is 20.8 Å². The van der Waals surface area contributed by atoms with Crippen molar-refractivity contribution in [1.82, 2.24) is 0 Å². The molecule has 36 heavy (non-hydrogen) atoms. The molecule has 0 aromatic heterocycles. The van der Waals surface area contributed by atoms with Gasteiger partial charge in [-0.2, -0.15) is 0 Å². The molecule has 8 nitrogen and oxygen atoms in total. The summed E-state index contributed by atoms with van der Waals surface area (Å²) in [5.74, 6) is -4.27. The minimum atomic E-state index is -0.842. The van der Waals surface area contributed by atoms with Crippen molar-refractivity contribution in [3.63, 3.8) is 0 Å². The number of hydrogen-bond acceptors (Lipinski definition) is 8. The monoisotopic (exact) mass is 496 g/mol. The summed E-state index contributed by atoms with van der Waals surface area (Å²) in [6.45, 7) is 14.3. The van der Waals surface area contributed by atoms with Gasteiger partial charge in [-0.1, -0.05) is 31.9 Å². The Labute approximate surface area is 207 Å². The second-order valence-electron chi connectivity index (χ2n) is 7.75. The van der Waals surface area contributed by atoms with Gasteiger partial charge in [0.05, 0.1) is 0 Å². The van der Waals surface area contributed by atoms with Crippen LogP contribution in [0.4, 0.5) is 4.39 Å². The van der Waals surface area contributed by atoms with Crippen molar-refractivity contribution in [2.24, 2.45) is 0 Å². The van der Waals surface area contributed by atoms with E-state index in [1.54, 1.807) is 0 Å². The number of rotatable bonds is 10. The Hall–Kier alpha value is -4.53. The highest BCUT2D eigenvalue weighted by atomic mass is 19.1. The Kier molecular flexibility index (Phi) is 9.43. The van der Waals surface area contributed by atoms with Crippen LogP contribution in [-0.2, 0) is 23.9 Å². The van der Waals surface area contributed by atoms with Crippen LogP contribution < -0.4 is 9.47 Å². The standard InChI is InChI=1S/C27H25FO8/c1-15(2)24(29)33-11-12-34-27(32)20-9-7-19(14-23(20)36-26(31)17(5)6)18-8-10-22(21(28)13-18)35-25(30)16(3)4/h7-10,13-14H,1,3,5,11-12H2,2,4,6H3. The van der Waals surface area contributed by atoms with Gasteiger partial charge in [0.1, 0.15) is 24.5 Å². The predicted molar refractivity (Wildman–Crippen MR) is 129 cm³/mol. The average molecular weight is 496 g/mol. The van der Waals surface area contributed by atoms with E-state index in [1.807, 2.05) is 0 Å². The lowest BCUT2D eigenvalue weighted by atomic mass is 10.0. The summed E-state index contributed by atoms with van der Waals surface area (Å²) < 4.78 is 34.7. The molecule has 9 heteroatoms. The Morgan fingerprint density at radius 2 is 1.19 bits per heavy atom. The smallest absolute Gasteiger partial charge is 0.342 e. The van der Waals surface area contributed by atoms with E-state index in [1.165, 1.54) is 51.1 Å². The summed E-state index contributed by atoms with van der Waals surface area (Å²) in [5.41, 5.74) is 1.04. The van der Waals surface area contributed by atoms with E-state index in [0.29, 0.717) is 11.1 Å². The first-order valence-corrected chi connectivity index (χ1v) is 10.6. The molecule has 2 aromatic rings. The second kappa shape index (κ2) is 12.3. The number of halogens is 1. The molecule has 0 N–H and O–H groups in total. The molecule has 188 valence electrons. The molecule has 0 aliphatic heterocycles. The lowest BCUT2D eigenvalue weighted by Crippen LogP contribution is -2.16. The minimum absolute atomic E-state index is 0.0844. The second-order valence-corrected chi connectivity index (χ2v) is 7.75. The highest BCUT2D eigenvalue weighted by Gasteiger charge is 2.20. The van der Waals surface area contributed by atoms with E-state index in [2.05, 4.69) is 19.7 Å². The molecule has 0 spiro atoms. The first kappa shape index (κ1) is 27.7. The van der Waals surface area contributed by atoms with E-state index in [4.69, 9.17) is 18.9 Å². The van der Waals surface area contributed by atoms with Crippen molar-refractivity contribution >= 4 is 23.9 Å². The SMILES string of the molecule is C=C(C)C(=O)OCCOC(=O)c1ccc(-c2ccc(OC(=O)C(=C)C)c(F)c2)cc1OC(=O)C(=C)C. The highest BCUT2D eigenvalue weighted by Crippen LogP contribution is 2.31. The van der Waals surface area contributed by atoms with Crippen molar-refractivity contribution < 1.29 is 42.5 Å². The summed E-state index contributed by atoms with van der Waals surface area (Å²) in [6.07, 6.45) is 0. The van der Waals surface area contributed by atoms with Gasteiger partial charge in [0.2, 0.25) is 0 Å². The molecule has 0 bridgehead atoms. The fraction of sp³-hybridized carbons (Fsp3) is 0.185. The molecule has 0 aliphatic rings. The molecule has 0 amide bonds. The maximum absolute atomic E-state index is 14.5. The minimum Gasteiger partial charge on any atom is -0.459 e. The Bertz CT molecular complexity index is 1260. The van der Waals surface area contributed by atoms with Gasteiger partial charge in [-0.25, -0.2) is 23.6 Å². The quantitative estimate of drug-likeness (QED) is 0.201. The molecule has 0 saturated heterocycles. The van der Waals surface area contributed by atoms with Gasteiger partial charge in [0.25, 0.3) is 0 Å². The van der Waals surface area contributed by atoms with Gasteiger partial charge < -0.3 is 18.9 Å². The van der Waals surface area contributed by atoms with Crippen molar-refractivity contribution in [3.05, 3.63) is 84.2 Å². The van der Waals surface area contributed by atoms with Gasteiger partial charge in [-0.05, 0) is 56.2 Å². The van der Waals surface area contributed by atoms with Gasteiger partial charge >= 0.3 is 23.9 Å². The zero-order chi connectivity index (χ0) is 27.0. The summed E-state index contributed by atoms with van der Waals surface area (Å²) in [7, 11) is 0. The van der Waals surface area contributed by atoms with Crippen molar-refractivity contribution in [2.75, 3.05) is 13.2 Å². The van der Waals surface area contributed by atoms with Crippen LogP contribution in [0.1, 0.15) is 31.1 Å². The van der Waals surface area contributed by atoms with Crippen LogP contribution in [0.5, 0.6) is 11.5 Å². The van der Waals surface area contributed by atoms with E-state index in [9.17, 15) is 23.6 Å².